The van der Waals surface area contributed by atoms with Gasteiger partial charge in [0, 0.05) is 30.9 Å². The van der Waals surface area contributed by atoms with Gasteiger partial charge in [0.25, 0.3) is 0 Å². The summed E-state index contributed by atoms with van der Waals surface area (Å²) in [6, 6.07) is 7.65. The van der Waals surface area contributed by atoms with Crippen molar-refractivity contribution in [2.75, 3.05) is 6.54 Å². The van der Waals surface area contributed by atoms with Gasteiger partial charge in [-0.25, -0.2) is 0 Å². The highest BCUT2D eigenvalue weighted by Crippen LogP contribution is 2.18. The first-order valence-corrected chi connectivity index (χ1v) is 5.65. The van der Waals surface area contributed by atoms with Crippen LogP contribution in [0.1, 0.15) is 12.0 Å². The number of nitrogens with zero attached hydrogens (tertiary/aromatic N) is 1. The van der Waals surface area contributed by atoms with Crippen LogP contribution >= 0.6 is 0 Å². The molecule has 18 heavy (non-hydrogen) atoms. The van der Waals surface area contributed by atoms with Gasteiger partial charge in [-0.2, -0.15) is 13.2 Å². The molecule has 0 unspecified atom stereocenters. The summed E-state index contributed by atoms with van der Waals surface area (Å²) in [5, 5.41) is 4.85. The number of halogens is 3. The molecule has 5 heteroatoms. The maximum atomic E-state index is 11.9. The molecular formula is C13H13F3N2. The van der Waals surface area contributed by atoms with Gasteiger partial charge in [0.15, 0.2) is 0 Å². The van der Waals surface area contributed by atoms with Crippen LogP contribution in [0, 0.1) is 0 Å². The third-order valence-electron chi connectivity index (χ3n) is 2.62. The molecule has 0 atom stereocenters. The third-order valence-corrected chi connectivity index (χ3v) is 2.62. The van der Waals surface area contributed by atoms with Crippen LogP contribution in [0.2, 0.25) is 0 Å². The first-order valence-electron chi connectivity index (χ1n) is 5.65. The van der Waals surface area contributed by atoms with Crippen LogP contribution in [0.4, 0.5) is 13.2 Å². The largest absolute Gasteiger partial charge is 0.390 e. The Hall–Kier alpha value is -1.62. The van der Waals surface area contributed by atoms with Crippen molar-refractivity contribution >= 4 is 10.8 Å². The van der Waals surface area contributed by atoms with Crippen molar-refractivity contribution in [3.05, 3.63) is 42.2 Å². The van der Waals surface area contributed by atoms with Crippen molar-refractivity contribution in [2.24, 2.45) is 0 Å². The number of hydrogen-bond donors (Lipinski definition) is 1. The molecule has 1 heterocycles. The normalized spacial score (nSPS) is 11.9. The highest BCUT2D eigenvalue weighted by molar-refractivity contribution is 5.81. The fraction of sp³-hybridized carbons (Fsp3) is 0.308. The van der Waals surface area contributed by atoms with Crippen LogP contribution in [0.5, 0.6) is 0 Å². The Morgan fingerprint density at radius 2 is 1.94 bits per heavy atom. The van der Waals surface area contributed by atoms with Gasteiger partial charge in [-0.1, -0.05) is 12.1 Å². The molecule has 0 aliphatic carbocycles. The molecule has 0 spiro atoms. The van der Waals surface area contributed by atoms with Crippen molar-refractivity contribution in [2.45, 2.75) is 19.1 Å². The van der Waals surface area contributed by atoms with E-state index in [2.05, 4.69) is 10.3 Å². The van der Waals surface area contributed by atoms with Gasteiger partial charge in [-0.05, 0) is 23.1 Å². The Balaban J connectivity index is 1.92. The van der Waals surface area contributed by atoms with Gasteiger partial charge < -0.3 is 5.32 Å². The number of fused-ring (bicyclic) bond motifs is 1. The predicted octanol–water partition coefficient (Wildman–Crippen LogP) is 3.28. The first-order chi connectivity index (χ1) is 8.54. The lowest BCUT2D eigenvalue weighted by molar-refractivity contribution is -0.133. The smallest absolute Gasteiger partial charge is 0.312 e. The summed E-state index contributed by atoms with van der Waals surface area (Å²) >= 11 is 0. The van der Waals surface area contributed by atoms with Crippen LogP contribution < -0.4 is 5.32 Å². The van der Waals surface area contributed by atoms with Crippen LogP contribution in [-0.4, -0.2) is 17.7 Å². The van der Waals surface area contributed by atoms with Crippen LogP contribution in [0.25, 0.3) is 10.8 Å². The standard InChI is InChI=1S/C13H13F3N2/c14-13(15,16)4-6-18-8-10-1-2-12-9-17-5-3-11(12)7-10/h1-3,5,7,9,18H,4,6,8H2. The SMILES string of the molecule is FC(F)(F)CCNCc1ccc2cnccc2c1. The van der Waals surface area contributed by atoms with E-state index in [1.54, 1.807) is 12.4 Å². The van der Waals surface area contributed by atoms with E-state index in [1.807, 2.05) is 24.3 Å². The van der Waals surface area contributed by atoms with Gasteiger partial charge in [0.1, 0.15) is 0 Å². The predicted molar refractivity (Wildman–Crippen MR) is 64.1 cm³/mol. The first kappa shape index (κ1) is 12.8. The Labute approximate surface area is 103 Å². The Morgan fingerprint density at radius 1 is 1.11 bits per heavy atom. The van der Waals surface area contributed by atoms with E-state index in [0.717, 1.165) is 16.3 Å². The van der Waals surface area contributed by atoms with Crippen molar-refractivity contribution in [1.82, 2.24) is 10.3 Å². The Kier molecular flexibility index (Phi) is 3.81. The molecule has 0 saturated heterocycles. The quantitative estimate of drug-likeness (QED) is 0.847. The van der Waals surface area contributed by atoms with E-state index in [0.29, 0.717) is 6.54 Å². The number of benzene rings is 1. The van der Waals surface area contributed by atoms with Crippen LogP contribution in [0.3, 0.4) is 0 Å². The number of pyridine rings is 1. The molecule has 1 N–H and O–H groups in total. The molecule has 0 aliphatic rings. The van der Waals surface area contributed by atoms with Crippen LogP contribution in [0.15, 0.2) is 36.7 Å². The summed E-state index contributed by atoms with van der Waals surface area (Å²) in [5.41, 5.74) is 0.968. The summed E-state index contributed by atoms with van der Waals surface area (Å²) < 4.78 is 35.8. The monoisotopic (exact) mass is 254 g/mol. The van der Waals surface area contributed by atoms with E-state index in [9.17, 15) is 13.2 Å². The van der Waals surface area contributed by atoms with E-state index >= 15 is 0 Å². The average molecular weight is 254 g/mol. The Morgan fingerprint density at radius 3 is 2.72 bits per heavy atom. The van der Waals surface area contributed by atoms with Gasteiger partial charge in [-0.3, -0.25) is 4.98 Å². The number of rotatable bonds is 4. The van der Waals surface area contributed by atoms with Crippen molar-refractivity contribution in [3.63, 3.8) is 0 Å². The minimum Gasteiger partial charge on any atom is -0.312 e. The highest BCUT2D eigenvalue weighted by atomic mass is 19.4. The molecule has 96 valence electrons. The van der Waals surface area contributed by atoms with E-state index < -0.39 is 12.6 Å². The summed E-state index contributed by atoms with van der Waals surface area (Å²) in [5.74, 6) is 0. The van der Waals surface area contributed by atoms with Crippen molar-refractivity contribution < 1.29 is 13.2 Å². The Bertz CT molecular complexity index is 523. The van der Waals surface area contributed by atoms with Gasteiger partial charge in [0.05, 0.1) is 6.42 Å². The topological polar surface area (TPSA) is 24.9 Å². The fourth-order valence-electron chi connectivity index (χ4n) is 1.71. The zero-order chi connectivity index (χ0) is 13.0. The summed E-state index contributed by atoms with van der Waals surface area (Å²) in [7, 11) is 0. The minimum absolute atomic E-state index is 0.0577. The van der Waals surface area contributed by atoms with Crippen molar-refractivity contribution in [1.29, 1.82) is 0 Å². The second-order valence-corrected chi connectivity index (χ2v) is 4.10. The number of nitrogens with one attached hydrogen (secondary N) is 1. The van der Waals surface area contributed by atoms with E-state index in [1.165, 1.54) is 0 Å². The maximum absolute atomic E-state index is 11.9. The lowest BCUT2D eigenvalue weighted by atomic mass is 10.1. The zero-order valence-electron chi connectivity index (χ0n) is 9.67. The van der Waals surface area contributed by atoms with Crippen LogP contribution in [-0.2, 0) is 6.54 Å². The highest BCUT2D eigenvalue weighted by Gasteiger charge is 2.25. The molecule has 0 amide bonds. The minimum atomic E-state index is -4.10. The van der Waals surface area contributed by atoms with Gasteiger partial charge in [-0.15, -0.1) is 0 Å². The zero-order valence-corrected chi connectivity index (χ0v) is 9.67. The second-order valence-electron chi connectivity index (χ2n) is 4.10. The second kappa shape index (κ2) is 5.35. The van der Waals surface area contributed by atoms with Gasteiger partial charge >= 0.3 is 6.18 Å². The molecule has 2 nitrogen and oxygen atoms in total. The maximum Gasteiger partial charge on any atom is 0.390 e. The van der Waals surface area contributed by atoms with Crippen molar-refractivity contribution in [3.8, 4) is 0 Å². The molecule has 0 aliphatic heterocycles. The number of aromatic nitrogens is 1. The molecular weight excluding hydrogens is 241 g/mol. The lowest BCUT2D eigenvalue weighted by Crippen LogP contribution is -2.21. The molecule has 0 bridgehead atoms. The summed E-state index contributed by atoms with van der Waals surface area (Å²) in [6.07, 6.45) is -1.44. The third kappa shape index (κ3) is 3.70. The fourth-order valence-corrected chi connectivity index (χ4v) is 1.71. The molecule has 0 fully saturated rings. The average Bonchev–Trinajstić information content (AvgIpc) is 2.33. The molecule has 2 aromatic rings. The van der Waals surface area contributed by atoms with E-state index in [-0.39, 0.29) is 6.54 Å². The molecule has 1 aromatic heterocycles. The molecule has 2 rings (SSSR count). The molecule has 1 aromatic carbocycles. The lowest BCUT2D eigenvalue weighted by Gasteiger charge is -2.08. The summed E-state index contributed by atoms with van der Waals surface area (Å²) in [6.45, 7) is 0.381. The van der Waals surface area contributed by atoms with Gasteiger partial charge in [0.2, 0.25) is 0 Å². The number of hydrogen-bond acceptors (Lipinski definition) is 2. The summed E-state index contributed by atoms with van der Waals surface area (Å²) in [4.78, 5) is 4.00. The van der Waals surface area contributed by atoms with E-state index in [4.69, 9.17) is 0 Å². The molecule has 0 saturated carbocycles. The molecule has 0 radical (unpaired) electrons. The number of alkyl halides is 3.